The van der Waals surface area contributed by atoms with Gasteiger partial charge >= 0.3 is 0 Å². The summed E-state index contributed by atoms with van der Waals surface area (Å²) in [5, 5.41) is 0. The normalized spacial score (nSPS) is 12.8. The number of aryl methyl sites for hydroxylation is 2. The van der Waals surface area contributed by atoms with E-state index in [1.54, 1.807) is 7.11 Å². The van der Waals surface area contributed by atoms with Crippen molar-refractivity contribution in [2.45, 2.75) is 46.1 Å². The van der Waals surface area contributed by atoms with Crippen LogP contribution in [0.3, 0.4) is 0 Å². The van der Waals surface area contributed by atoms with E-state index in [4.69, 9.17) is 10.5 Å². The summed E-state index contributed by atoms with van der Waals surface area (Å²) >= 11 is 0. The molecule has 0 amide bonds. The summed E-state index contributed by atoms with van der Waals surface area (Å²) in [7, 11) is 1.71. The summed E-state index contributed by atoms with van der Waals surface area (Å²) in [5.74, 6) is 0.867. The largest absolute Gasteiger partial charge is 0.381 e. The second-order valence-electron chi connectivity index (χ2n) is 4.43. The molecule has 0 fully saturated rings. The Morgan fingerprint density at radius 1 is 1.24 bits per heavy atom. The Bertz CT molecular complexity index is 343. The Morgan fingerprint density at radius 3 is 2.29 bits per heavy atom. The molecule has 2 N–H and O–H groups in total. The van der Waals surface area contributed by atoms with E-state index < -0.39 is 0 Å². The first-order chi connectivity index (χ1) is 8.08. The van der Waals surface area contributed by atoms with E-state index in [1.807, 2.05) is 20.8 Å². The van der Waals surface area contributed by atoms with E-state index in [-0.39, 0.29) is 6.10 Å². The molecule has 1 aromatic heterocycles. The number of aromatic nitrogens is 2. The van der Waals surface area contributed by atoms with E-state index in [0.29, 0.717) is 6.54 Å². The van der Waals surface area contributed by atoms with Gasteiger partial charge in [-0.2, -0.15) is 0 Å². The van der Waals surface area contributed by atoms with E-state index >= 15 is 0 Å². The molecule has 0 bridgehead atoms. The van der Waals surface area contributed by atoms with Crippen molar-refractivity contribution >= 4 is 0 Å². The Balaban J connectivity index is 2.85. The maximum absolute atomic E-state index is 5.53. The second-order valence-corrected chi connectivity index (χ2v) is 4.43. The molecule has 1 aromatic rings. The van der Waals surface area contributed by atoms with Crippen molar-refractivity contribution in [2.24, 2.45) is 5.73 Å². The van der Waals surface area contributed by atoms with Gasteiger partial charge in [-0.1, -0.05) is 0 Å². The van der Waals surface area contributed by atoms with E-state index in [2.05, 4.69) is 9.97 Å². The summed E-state index contributed by atoms with van der Waals surface area (Å²) < 4.78 is 5.23. The van der Waals surface area contributed by atoms with Crippen molar-refractivity contribution in [3.05, 3.63) is 22.8 Å². The van der Waals surface area contributed by atoms with E-state index in [1.165, 1.54) is 5.56 Å². The van der Waals surface area contributed by atoms with Gasteiger partial charge in [-0.05, 0) is 45.7 Å². The van der Waals surface area contributed by atoms with Gasteiger partial charge in [0.25, 0.3) is 0 Å². The van der Waals surface area contributed by atoms with Crippen LogP contribution >= 0.6 is 0 Å². The molecular weight excluding hydrogens is 214 g/mol. The lowest BCUT2D eigenvalue weighted by Crippen LogP contribution is -2.14. The highest BCUT2D eigenvalue weighted by Gasteiger charge is 2.10. The zero-order valence-electron chi connectivity index (χ0n) is 11.3. The molecule has 0 saturated carbocycles. The van der Waals surface area contributed by atoms with Gasteiger partial charge in [-0.25, -0.2) is 9.97 Å². The fourth-order valence-corrected chi connectivity index (χ4v) is 1.88. The van der Waals surface area contributed by atoms with Gasteiger partial charge < -0.3 is 10.5 Å². The molecule has 1 unspecified atom stereocenters. The summed E-state index contributed by atoms with van der Waals surface area (Å²) in [6, 6.07) is 0. The van der Waals surface area contributed by atoms with Gasteiger partial charge in [0.05, 0.1) is 6.10 Å². The van der Waals surface area contributed by atoms with Gasteiger partial charge in [0.2, 0.25) is 0 Å². The van der Waals surface area contributed by atoms with Gasteiger partial charge in [0.1, 0.15) is 5.82 Å². The third-order valence-corrected chi connectivity index (χ3v) is 2.97. The molecule has 1 atom stereocenters. The number of nitrogens with zero attached hydrogens (tertiary/aromatic N) is 2. The van der Waals surface area contributed by atoms with E-state index in [9.17, 15) is 0 Å². The molecule has 1 heterocycles. The first-order valence-corrected chi connectivity index (χ1v) is 6.14. The van der Waals surface area contributed by atoms with Crippen LogP contribution in [-0.2, 0) is 17.6 Å². The van der Waals surface area contributed by atoms with E-state index in [0.717, 1.165) is 36.5 Å². The monoisotopic (exact) mass is 237 g/mol. The van der Waals surface area contributed by atoms with Crippen LogP contribution in [-0.4, -0.2) is 29.7 Å². The van der Waals surface area contributed by atoms with Crippen LogP contribution in [0.2, 0.25) is 0 Å². The first kappa shape index (κ1) is 14.1. The summed E-state index contributed by atoms with van der Waals surface area (Å²) in [5.41, 5.74) is 8.92. The van der Waals surface area contributed by atoms with Crippen LogP contribution in [0.15, 0.2) is 0 Å². The molecule has 0 aromatic carbocycles. The highest BCUT2D eigenvalue weighted by atomic mass is 16.5. The predicted octanol–water partition coefficient (Wildman–Crippen LogP) is 1.56. The topological polar surface area (TPSA) is 61.0 Å². The number of hydrogen-bond donors (Lipinski definition) is 1. The highest BCUT2D eigenvalue weighted by Crippen LogP contribution is 2.13. The van der Waals surface area contributed by atoms with Crippen molar-refractivity contribution in [1.29, 1.82) is 0 Å². The van der Waals surface area contributed by atoms with Crippen LogP contribution < -0.4 is 5.73 Å². The number of methoxy groups -OCH3 is 1. The minimum atomic E-state index is 0.156. The molecule has 4 nitrogen and oxygen atoms in total. The lowest BCUT2D eigenvalue weighted by Gasteiger charge is -2.12. The number of hydrogen-bond acceptors (Lipinski definition) is 4. The van der Waals surface area contributed by atoms with Gasteiger partial charge in [-0.15, -0.1) is 0 Å². The molecule has 96 valence electrons. The third kappa shape index (κ3) is 4.06. The third-order valence-electron chi connectivity index (χ3n) is 2.97. The second kappa shape index (κ2) is 6.67. The highest BCUT2D eigenvalue weighted by molar-refractivity contribution is 5.24. The zero-order valence-corrected chi connectivity index (χ0v) is 11.3. The average molecular weight is 237 g/mol. The Kier molecular flexibility index (Phi) is 5.51. The molecule has 4 heteroatoms. The summed E-state index contributed by atoms with van der Waals surface area (Å²) in [4.78, 5) is 9.09. The van der Waals surface area contributed by atoms with Crippen LogP contribution in [0.4, 0.5) is 0 Å². The molecule has 0 saturated heterocycles. The molecule has 0 aliphatic carbocycles. The molecule has 0 spiro atoms. The van der Waals surface area contributed by atoms with Crippen molar-refractivity contribution in [2.75, 3.05) is 13.7 Å². The lowest BCUT2D eigenvalue weighted by molar-refractivity contribution is 0.117. The minimum absolute atomic E-state index is 0.156. The predicted molar refractivity (Wildman–Crippen MR) is 69.1 cm³/mol. The SMILES string of the molecule is COC(C)Cc1nc(C)c(CCCN)c(C)n1. The van der Waals surface area contributed by atoms with Gasteiger partial charge in [0, 0.05) is 24.9 Å². The molecule has 0 aliphatic rings. The number of nitrogens with two attached hydrogens (primary N) is 1. The Hall–Kier alpha value is -1.00. The smallest absolute Gasteiger partial charge is 0.131 e. The Morgan fingerprint density at radius 2 is 1.82 bits per heavy atom. The number of ether oxygens (including phenoxy) is 1. The molecule has 0 radical (unpaired) electrons. The minimum Gasteiger partial charge on any atom is -0.381 e. The summed E-state index contributed by atoms with van der Waals surface area (Å²) in [6.45, 7) is 6.82. The molecule has 17 heavy (non-hydrogen) atoms. The van der Waals surface area contributed by atoms with Crippen molar-refractivity contribution in [3.63, 3.8) is 0 Å². The molecular formula is C13H23N3O. The van der Waals surface area contributed by atoms with Crippen LogP contribution in [0.5, 0.6) is 0 Å². The van der Waals surface area contributed by atoms with Gasteiger partial charge in [0.15, 0.2) is 0 Å². The summed E-state index contributed by atoms with van der Waals surface area (Å²) in [6.07, 6.45) is 2.87. The lowest BCUT2D eigenvalue weighted by atomic mass is 10.1. The molecule has 0 aliphatic heterocycles. The Labute approximate surface area is 104 Å². The average Bonchev–Trinajstić information content (AvgIpc) is 2.28. The maximum Gasteiger partial charge on any atom is 0.131 e. The fraction of sp³-hybridized carbons (Fsp3) is 0.692. The maximum atomic E-state index is 5.53. The van der Waals surface area contributed by atoms with Crippen LogP contribution in [0.25, 0.3) is 0 Å². The molecule has 1 rings (SSSR count). The van der Waals surface area contributed by atoms with Crippen molar-refractivity contribution in [3.8, 4) is 0 Å². The van der Waals surface area contributed by atoms with Crippen LogP contribution in [0, 0.1) is 13.8 Å². The first-order valence-electron chi connectivity index (χ1n) is 6.14. The van der Waals surface area contributed by atoms with Crippen molar-refractivity contribution < 1.29 is 4.74 Å². The number of rotatable bonds is 6. The fourth-order valence-electron chi connectivity index (χ4n) is 1.88. The quantitative estimate of drug-likeness (QED) is 0.815. The van der Waals surface area contributed by atoms with Crippen LogP contribution in [0.1, 0.15) is 36.1 Å². The standard InChI is InChI=1S/C13H23N3O/c1-9(17-4)8-13-15-10(2)12(6-5-7-14)11(3)16-13/h9H,5-8,14H2,1-4H3. The van der Waals surface area contributed by atoms with Gasteiger partial charge in [-0.3, -0.25) is 0 Å². The zero-order chi connectivity index (χ0) is 12.8. The van der Waals surface area contributed by atoms with Crippen molar-refractivity contribution in [1.82, 2.24) is 9.97 Å².